The van der Waals surface area contributed by atoms with Gasteiger partial charge in [-0.15, -0.1) is 11.3 Å². The Kier molecular flexibility index (Phi) is 4.86. The van der Waals surface area contributed by atoms with Crippen molar-refractivity contribution in [1.82, 2.24) is 4.98 Å². The first-order chi connectivity index (χ1) is 11.6. The number of nitrogens with zero attached hydrogens (tertiary/aromatic N) is 1. The number of hydrogen-bond donors (Lipinski definition) is 0. The largest absolute Gasteiger partial charge is 0.497 e. The van der Waals surface area contributed by atoms with E-state index in [0.29, 0.717) is 0 Å². The molecule has 0 aliphatic heterocycles. The molecule has 0 radical (unpaired) electrons. The van der Waals surface area contributed by atoms with Crippen LogP contribution >= 0.6 is 11.3 Å². The van der Waals surface area contributed by atoms with Gasteiger partial charge in [-0.05, 0) is 54.8 Å². The number of methoxy groups -OCH3 is 2. The molecule has 4 heteroatoms. The molecule has 2 aromatic carbocycles. The van der Waals surface area contributed by atoms with Crippen LogP contribution < -0.4 is 9.47 Å². The van der Waals surface area contributed by atoms with E-state index in [-0.39, 0.29) is 0 Å². The van der Waals surface area contributed by atoms with Crippen molar-refractivity contribution < 1.29 is 9.47 Å². The van der Waals surface area contributed by atoms with Crippen LogP contribution in [0.25, 0.3) is 11.3 Å². The van der Waals surface area contributed by atoms with E-state index < -0.39 is 0 Å². The SMILES string of the molecule is COc1ccc(Cc2nc(-c3cc(C)c(OC)cc3C)cs2)cc1. The molecule has 3 nitrogen and oxygen atoms in total. The number of thiazole rings is 1. The first-order valence-electron chi connectivity index (χ1n) is 7.83. The summed E-state index contributed by atoms with van der Waals surface area (Å²) >= 11 is 1.70. The average Bonchev–Trinajstić information content (AvgIpc) is 3.05. The molecule has 0 amide bonds. The van der Waals surface area contributed by atoms with Gasteiger partial charge in [0.1, 0.15) is 11.5 Å². The lowest BCUT2D eigenvalue weighted by Gasteiger charge is -2.09. The van der Waals surface area contributed by atoms with Gasteiger partial charge in [-0.1, -0.05) is 12.1 Å². The molecule has 0 aliphatic rings. The van der Waals surface area contributed by atoms with E-state index in [1.54, 1.807) is 25.6 Å². The molecule has 0 saturated carbocycles. The Morgan fingerprint density at radius 1 is 0.958 bits per heavy atom. The summed E-state index contributed by atoms with van der Waals surface area (Å²) in [5, 5.41) is 3.25. The zero-order valence-electron chi connectivity index (χ0n) is 14.4. The van der Waals surface area contributed by atoms with E-state index in [4.69, 9.17) is 14.5 Å². The monoisotopic (exact) mass is 339 g/mol. The van der Waals surface area contributed by atoms with Gasteiger partial charge in [-0.2, -0.15) is 0 Å². The van der Waals surface area contributed by atoms with Crippen LogP contribution in [0, 0.1) is 13.8 Å². The Morgan fingerprint density at radius 2 is 1.71 bits per heavy atom. The highest BCUT2D eigenvalue weighted by Crippen LogP contribution is 2.31. The first-order valence-corrected chi connectivity index (χ1v) is 8.71. The molecule has 0 N–H and O–H groups in total. The molecular formula is C20H21NO2S. The van der Waals surface area contributed by atoms with Gasteiger partial charge in [0.2, 0.25) is 0 Å². The molecule has 3 rings (SSSR count). The fourth-order valence-corrected chi connectivity index (χ4v) is 3.55. The third-order valence-electron chi connectivity index (χ3n) is 4.08. The number of ether oxygens (including phenoxy) is 2. The lowest BCUT2D eigenvalue weighted by atomic mass is 10.0. The minimum atomic E-state index is 0.836. The van der Waals surface area contributed by atoms with Gasteiger partial charge in [-0.25, -0.2) is 4.98 Å². The van der Waals surface area contributed by atoms with Crippen LogP contribution in [0.15, 0.2) is 41.8 Å². The van der Waals surface area contributed by atoms with E-state index >= 15 is 0 Å². The normalized spacial score (nSPS) is 10.7. The molecule has 0 unspecified atom stereocenters. The van der Waals surface area contributed by atoms with Gasteiger partial charge in [0.25, 0.3) is 0 Å². The zero-order valence-corrected chi connectivity index (χ0v) is 15.2. The minimum absolute atomic E-state index is 0.836. The molecule has 1 aromatic heterocycles. The first kappa shape index (κ1) is 16.5. The van der Waals surface area contributed by atoms with Gasteiger partial charge in [-0.3, -0.25) is 0 Å². The molecular weight excluding hydrogens is 318 g/mol. The zero-order chi connectivity index (χ0) is 17.1. The second-order valence-electron chi connectivity index (χ2n) is 5.79. The molecule has 1 heterocycles. The summed E-state index contributed by atoms with van der Waals surface area (Å²) in [6.45, 7) is 4.16. The van der Waals surface area contributed by atoms with E-state index in [0.717, 1.165) is 34.2 Å². The van der Waals surface area contributed by atoms with Crippen LogP contribution in [0.5, 0.6) is 11.5 Å². The molecule has 24 heavy (non-hydrogen) atoms. The average molecular weight is 339 g/mol. The van der Waals surface area contributed by atoms with Crippen molar-refractivity contribution in [3.63, 3.8) is 0 Å². The number of benzene rings is 2. The van der Waals surface area contributed by atoms with Crippen molar-refractivity contribution in [3.8, 4) is 22.8 Å². The maximum absolute atomic E-state index is 5.39. The van der Waals surface area contributed by atoms with Gasteiger partial charge in [0.05, 0.1) is 24.9 Å². The summed E-state index contributed by atoms with van der Waals surface area (Å²) in [6.07, 6.45) is 0.836. The Morgan fingerprint density at radius 3 is 2.38 bits per heavy atom. The highest BCUT2D eigenvalue weighted by atomic mass is 32.1. The molecule has 0 saturated heterocycles. The van der Waals surface area contributed by atoms with Crippen LogP contribution in [-0.2, 0) is 6.42 Å². The van der Waals surface area contributed by atoms with Crippen molar-refractivity contribution in [2.24, 2.45) is 0 Å². The third kappa shape index (κ3) is 3.44. The molecule has 124 valence electrons. The molecule has 0 bridgehead atoms. The molecule has 3 aromatic rings. The number of rotatable bonds is 5. The van der Waals surface area contributed by atoms with Crippen LogP contribution in [0.1, 0.15) is 21.7 Å². The van der Waals surface area contributed by atoms with E-state index in [2.05, 4.69) is 43.5 Å². The maximum Gasteiger partial charge on any atom is 0.122 e. The number of hydrogen-bond acceptors (Lipinski definition) is 4. The second-order valence-corrected chi connectivity index (χ2v) is 6.73. The van der Waals surface area contributed by atoms with E-state index in [1.165, 1.54) is 16.7 Å². The molecule has 0 spiro atoms. The van der Waals surface area contributed by atoms with E-state index in [9.17, 15) is 0 Å². The van der Waals surface area contributed by atoms with Crippen molar-refractivity contribution >= 4 is 11.3 Å². The number of aryl methyl sites for hydroxylation is 2. The van der Waals surface area contributed by atoms with E-state index in [1.807, 2.05) is 12.1 Å². The smallest absolute Gasteiger partial charge is 0.122 e. The lowest BCUT2D eigenvalue weighted by molar-refractivity contribution is 0.411. The van der Waals surface area contributed by atoms with Gasteiger partial charge >= 0.3 is 0 Å². The molecule has 0 aliphatic carbocycles. The maximum atomic E-state index is 5.39. The van der Waals surface area contributed by atoms with Gasteiger partial charge in [0.15, 0.2) is 0 Å². The lowest BCUT2D eigenvalue weighted by Crippen LogP contribution is -1.92. The third-order valence-corrected chi connectivity index (χ3v) is 4.93. The van der Waals surface area contributed by atoms with Crippen molar-refractivity contribution in [1.29, 1.82) is 0 Å². The molecule has 0 atom stereocenters. The summed E-state index contributed by atoms with van der Waals surface area (Å²) in [7, 11) is 3.39. The Balaban J connectivity index is 1.83. The Labute approximate surface area is 146 Å². The fraction of sp³-hybridized carbons (Fsp3) is 0.250. The summed E-state index contributed by atoms with van der Waals surface area (Å²) in [4.78, 5) is 4.82. The van der Waals surface area contributed by atoms with Crippen LogP contribution in [0.4, 0.5) is 0 Å². The van der Waals surface area contributed by atoms with Crippen LogP contribution in [0.3, 0.4) is 0 Å². The summed E-state index contributed by atoms with van der Waals surface area (Å²) in [5.41, 5.74) is 5.75. The predicted octanol–water partition coefficient (Wildman–Crippen LogP) is 5.03. The summed E-state index contributed by atoms with van der Waals surface area (Å²) in [5.74, 6) is 1.80. The van der Waals surface area contributed by atoms with Crippen LogP contribution in [-0.4, -0.2) is 19.2 Å². The number of aromatic nitrogens is 1. The topological polar surface area (TPSA) is 31.4 Å². The highest BCUT2D eigenvalue weighted by molar-refractivity contribution is 7.10. The van der Waals surface area contributed by atoms with Crippen molar-refractivity contribution in [3.05, 3.63) is 63.5 Å². The minimum Gasteiger partial charge on any atom is -0.497 e. The molecule has 0 fully saturated rings. The highest BCUT2D eigenvalue weighted by Gasteiger charge is 2.11. The van der Waals surface area contributed by atoms with Crippen molar-refractivity contribution in [2.45, 2.75) is 20.3 Å². The van der Waals surface area contributed by atoms with Crippen molar-refractivity contribution in [2.75, 3.05) is 14.2 Å². The Bertz CT molecular complexity index is 837. The summed E-state index contributed by atoms with van der Waals surface area (Å²) < 4.78 is 10.6. The fourth-order valence-electron chi connectivity index (χ4n) is 2.72. The second kappa shape index (κ2) is 7.05. The quantitative estimate of drug-likeness (QED) is 0.653. The standard InChI is InChI=1S/C20H21NO2S/c1-13-10-19(23-4)14(2)9-17(13)18-12-24-20(21-18)11-15-5-7-16(22-3)8-6-15/h5-10,12H,11H2,1-4H3. The summed E-state index contributed by atoms with van der Waals surface area (Å²) in [6, 6.07) is 12.4. The van der Waals surface area contributed by atoms with Crippen LogP contribution in [0.2, 0.25) is 0 Å². The predicted molar refractivity (Wildman–Crippen MR) is 99.4 cm³/mol. The van der Waals surface area contributed by atoms with Gasteiger partial charge < -0.3 is 9.47 Å². The Hall–Kier alpha value is -2.33. The van der Waals surface area contributed by atoms with Gasteiger partial charge in [0, 0.05) is 17.4 Å².